The third-order valence-electron chi connectivity index (χ3n) is 2.97. The average Bonchev–Trinajstić information content (AvgIpc) is 2.53. The molecule has 0 aliphatic heterocycles. The van der Waals surface area contributed by atoms with Gasteiger partial charge in [0, 0.05) is 30.5 Å². The number of nitrogens with two attached hydrogens (primary N) is 1. The second-order valence-electron chi connectivity index (χ2n) is 4.53. The lowest BCUT2D eigenvalue weighted by Gasteiger charge is -2.09. The number of carbonyl (C=O) groups excluding carboxylic acids is 1. The van der Waals surface area contributed by atoms with Crippen molar-refractivity contribution in [2.24, 2.45) is 5.73 Å². The highest BCUT2D eigenvalue weighted by atomic mass is 16.5. The molecule has 0 radical (unpaired) electrons. The smallest absolute Gasteiger partial charge is 0.250 e. The van der Waals surface area contributed by atoms with Crippen molar-refractivity contribution in [3.63, 3.8) is 0 Å². The van der Waals surface area contributed by atoms with Gasteiger partial charge in [0.05, 0.1) is 6.61 Å². The summed E-state index contributed by atoms with van der Waals surface area (Å²) in [5.74, 6) is -0.183. The number of para-hydroxylation sites is 1. The Balaban J connectivity index is 1.72. The van der Waals surface area contributed by atoms with Gasteiger partial charge in [-0.2, -0.15) is 0 Å². The van der Waals surface area contributed by atoms with Crippen LogP contribution in [0.3, 0.4) is 0 Å². The van der Waals surface area contributed by atoms with Crippen molar-refractivity contribution in [2.75, 3.05) is 18.5 Å². The topological polar surface area (TPSA) is 77.2 Å². The van der Waals surface area contributed by atoms with E-state index in [9.17, 15) is 4.79 Å². The van der Waals surface area contributed by atoms with E-state index in [1.165, 1.54) is 0 Å². The Morgan fingerprint density at radius 3 is 2.76 bits per heavy atom. The van der Waals surface area contributed by atoms with Gasteiger partial charge in [0.25, 0.3) is 0 Å². The van der Waals surface area contributed by atoms with Crippen molar-refractivity contribution in [2.45, 2.75) is 13.0 Å². The number of aromatic nitrogens is 1. The molecule has 1 aromatic carbocycles. The Labute approximate surface area is 124 Å². The number of ether oxygens (including phenoxy) is 1. The Hall–Kier alpha value is -2.24. The van der Waals surface area contributed by atoms with Crippen LogP contribution in [0.5, 0.6) is 0 Å². The van der Waals surface area contributed by atoms with Gasteiger partial charge in [-0.25, -0.2) is 0 Å². The minimum absolute atomic E-state index is 0.0196. The van der Waals surface area contributed by atoms with Crippen molar-refractivity contribution >= 4 is 11.6 Å². The van der Waals surface area contributed by atoms with Crippen LogP contribution in [0.1, 0.15) is 11.3 Å². The molecule has 21 heavy (non-hydrogen) atoms. The average molecular weight is 285 g/mol. The maximum atomic E-state index is 11.8. The molecule has 1 heterocycles. The third-order valence-corrected chi connectivity index (χ3v) is 2.97. The number of benzene rings is 1. The first-order valence-electron chi connectivity index (χ1n) is 6.85. The summed E-state index contributed by atoms with van der Waals surface area (Å²) in [6.07, 6.45) is 2.43. The molecule has 0 fully saturated rings. The van der Waals surface area contributed by atoms with Gasteiger partial charge in [-0.1, -0.05) is 24.3 Å². The first-order valence-corrected chi connectivity index (χ1v) is 6.85. The van der Waals surface area contributed by atoms with Crippen LogP contribution in [-0.4, -0.2) is 24.1 Å². The monoisotopic (exact) mass is 285 g/mol. The van der Waals surface area contributed by atoms with Crippen molar-refractivity contribution in [1.29, 1.82) is 0 Å². The fourth-order valence-electron chi connectivity index (χ4n) is 1.89. The van der Waals surface area contributed by atoms with Gasteiger partial charge in [0.1, 0.15) is 6.61 Å². The molecular weight excluding hydrogens is 266 g/mol. The Kier molecular flexibility index (Phi) is 5.87. The number of carbonyl (C=O) groups is 1. The summed E-state index contributed by atoms with van der Waals surface area (Å²) in [7, 11) is 0. The predicted molar refractivity (Wildman–Crippen MR) is 81.7 cm³/mol. The molecule has 0 saturated carbocycles. The molecule has 0 atom stereocenters. The molecule has 110 valence electrons. The maximum Gasteiger partial charge on any atom is 0.250 e. The standard InChI is InChI=1S/C16H19N3O2/c17-11-13-5-1-2-7-15(13)19-16(20)12-21-10-8-14-6-3-4-9-18-14/h1-7,9H,8,10-12,17H2,(H,19,20). The number of amides is 1. The summed E-state index contributed by atoms with van der Waals surface area (Å²) < 4.78 is 5.36. The Bertz CT molecular complexity index is 573. The molecule has 0 aliphatic carbocycles. The fourth-order valence-corrected chi connectivity index (χ4v) is 1.89. The number of nitrogens with zero attached hydrogens (tertiary/aromatic N) is 1. The Morgan fingerprint density at radius 2 is 2.00 bits per heavy atom. The van der Waals surface area contributed by atoms with E-state index in [1.807, 2.05) is 42.5 Å². The van der Waals surface area contributed by atoms with E-state index in [0.717, 1.165) is 16.9 Å². The Morgan fingerprint density at radius 1 is 1.19 bits per heavy atom. The third kappa shape index (κ3) is 4.98. The highest BCUT2D eigenvalue weighted by Crippen LogP contribution is 2.13. The normalized spacial score (nSPS) is 10.3. The summed E-state index contributed by atoms with van der Waals surface area (Å²) in [6.45, 7) is 0.867. The molecule has 0 aliphatic rings. The molecular formula is C16H19N3O2. The number of rotatable bonds is 7. The molecule has 2 rings (SSSR count). The van der Waals surface area contributed by atoms with Crippen LogP contribution in [0.2, 0.25) is 0 Å². The van der Waals surface area contributed by atoms with E-state index in [-0.39, 0.29) is 12.5 Å². The van der Waals surface area contributed by atoms with Gasteiger partial charge < -0.3 is 15.8 Å². The number of anilines is 1. The summed E-state index contributed by atoms with van der Waals surface area (Å²) in [5.41, 5.74) is 8.21. The molecule has 1 aromatic heterocycles. The van der Waals surface area contributed by atoms with Crippen molar-refractivity contribution in [3.8, 4) is 0 Å². The molecule has 3 N–H and O–H groups in total. The van der Waals surface area contributed by atoms with Gasteiger partial charge in [-0.05, 0) is 23.8 Å². The number of pyridine rings is 1. The second kappa shape index (κ2) is 8.14. The molecule has 0 bridgehead atoms. The largest absolute Gasteiger partial charge is 0.371 e. The summed E-state index contributed by atoms with van der Waals surface area (Å²) >= 11 is 0. The highest BCUT2D eigenvalue weighted by Gasteiger charge is 2.05. The van der Waals surface area contributed by atoms with E-state index in [0.29, 0.717) is 19.6 Å². The first-order chi connectivity index (χ1) is 10.3. The highest BCUT2D eigenvalue weighted by molar-refractivity contribution is 5.92. The summed E-state index contributed by atoms with van der Waals surface area (Å²) in [4.78, 5) is 16.0. The van der Waals surface area contributed by atoms with Gasteiger partial charge in [-0.3, -0.25) is 9.78 Å². The molecule has 0 saturated heterocycles. The van der Waals surface area contributed by atoms with Crippen LogP contribution in [0.15, 0.2) is 48.7 Å². The molecule has 0 spiro atoms. The van der Waals surface area contributed by atoms with Crippen molar-refractivity contribution in [1.82, 2.24) is 4.98 Å². The zero-order valence-electron chi connectivity index (χ0n) is 11.8. The van der Waals surface area contributed by atoms with E-state index < -0.39 is 0 Å². The minimum atomic E-state index is -0.183. The quantitative estimate of drug-likeness (QED) is 0.760. The van der Waals surface area contributed by atoms with Crippen LogP contribution in [0.4, 0.5) is 5.69 Å². The van der Waals surface area contributed by atoms with Crippen LogP contribution >= 0.6 is 0 Å². The van der Waals surface area contributed by atoms with Crippen molar-refractivity contribution in [3.05, 3.63) is 59.9 Å². The van der Waals surface area contributed by atoms with Crippen LogP contribution < -0.4 is 11.1 Å². The molecule has 1 amide bonds. The van der Waals surface area contributed by atoms with Crippen LogP contribution in [0.25, 0.3) is 0 Å². The number of nitrogens with one attached hydrogen (secondary N) is 1. The zero-order valence-corrected chi connectivity index (χ0v) is 11.8. The second-order valence-corrected chi connectivity index (χ2v) is 4.53. The number of hydrogen-bond donors (Lipinski definition) is 2. The lowest BCUT2D eigenvalue weighted by molar-refractivity contribution is -0.120. The van der Waals surface area contributed by atoms with Crippen LogP contribution in [-0.2, 0) is 22.5 Å². The van der Waals surface area contributed by atoms with Gasteiger partial charge in [-0.15, -0.1) is 0 Å². The van der Waals surface area contributed by atoms with Gasteiger partial charge in [0.2, 0.25) is 5.91 Å². The zero-order chi connectivity index (χ0) is 14.9. The fraction of sp³-hybridized carbons (Fsp3) is 0.250. The van der Waals surface area contributed by atoms with Gasteiger partial charge in [0.15, 0.2) is 0 Å². The molecule has 2 aromatic rings. The van der Waals surface area contributed by atoms with E-state index in [1.54, 1.807) is 6.20 Å². The van der Waals surface area contributed by atoms with E-state index in [2.05, 4.69) is 10.3 Å². The SMILES string of the molecule is NCc1ccccc1NC(=O)COCCc1ccccn1. The molecule has 5 nitrogen and oxygen atoms in total. The lowest BCUT2D eigenvalue weighted by Crippen LogP contribution is -2.20. The lowest BCUT2D eigenvalue weighted by atomic mass is 10.2. The van der Waals surface area contributed by atoms with Crippen LogP contribution in [0, 0.1) is 0 Å². The minimum Gasteiger partial charge on any atom is -0.371 e. The van der Waals surface area contributed by atoms with Gasteiger partial charge >= 0.3 is 0 Å². The molecule has 0 unspecified atom stereocenters. The molecule has 5 heteroatoms. The first kappa shape index (κ1) is 15.2. The van der Waals surface area contributed by atoms with Crippen molar-refractivity contribution < 1.29 is 9.53 Å². The predicted octanol–water partition coefficient (Wildman–Crippen LogP) is 1.74. The maximum absolute atomic E-state index is 11.8. The number of hydrogen-bond acceptors (Lipinski definition) is 4. The van der Waals surface area contributed by atoms with E-state index in [4.69, 9.17) is 10.5 Å². The van der Waals surface area contributed by atoms with E-state index >= 15 is 0 Å². The summed E-state index contributed by atoms with van der Waals surface area (Å²) in [6, 6.07) is 13.2. The summed E-state index contributed by atoms with van der Waals surface area (Å²) in [5, 5.41) is 2.80.